The molecule has 132 valence electrons. The smallest absolute Gasteiger partial charge is 0.234 e. The van der Waals surface area contributed by atoms with Gasteiger partial charge in [-0.15, -0.1) is 0 Å². The number of piperidine rings is 1. The predicted octanol–water partition coefficient (Wildman–Crippen LogP) is 2.80. The molecule has 4 heteroatoms. The van der Waals surface area contributed by atoms with Gasteiger partial charge in [0.05, 0.1) is 6.54 Å². The zero-order valence-electron chi connectivity index (χ0n) is 14.6. The summed E-state index contributed by atoms with van der Waals surface area (Å²) < 4.78 is 5.38. The summed E-state index contributed by atoms with van der Waals surface area (Å²) in [5, 5.41) is 3.08. The number of likely N-dealkylation sites (tertiary alicyclic amines) is 1. The van der Waals surface area contributed by atoms with Crippen molar-refractivity contribution < 1.29 is 9.53 Å². The summed E-state index contributed by atoms with van der Waals surface area (Å²) in [6.45, 7) is 5.21. The number of carbonyl (C=O) groups is 1. The monoisotopic (exact) mass is 330 g/mol. The Balaban J connectivity index is 1.28. The van der Waals surface area contributed by atoms with Gasteiger partial charge in [-0.2, -0.15) is 0 Å². The number of hydrogen-bond acceptors (Lipinski definition) is 3. The minimum absolute atomic E-state index is 0.177. The van der Waals surface area contributed by atoms with Crippen molar-refractivity contribution in [2.24, 2.45) is 5.92 Å². The van der Waals surface area contributed by atoms with Gasteiger partial charge >= 0.3 is 0 Å². The molecule has 0 radical (unpaired) electrons. The molecule has 1 N–H and O–H groups in total. The van der Waals surface area contributed by atoms with Crippen LogP contribution < -0.4 is 5.32 Å². The molecule has 0 aromatic heterocycles. The maximum atomic E-state index is 12.1. The molecule has 2 saturated heterocycles. The van der Waals surface area contributed by atoms with Gasteiger partial charge in [-0.1, -0.05) is 30.3 Å². The Morgan fingerprint density at radius 2 is 1.96 bits per heavy atom. The Hall–Kier alpha value is -1.39. The van der Waals surface area contributed by atoms with E-state index < -0.39 is 0 Å². The minimum atomic E-state index is 0.177. The molecule has 2 aliphatic rings. The average molecular weight is 330 g/mol. The fourth-order valence-corrected chi connectivity index (χ4v) is 3.84. The van der Waals surface area contributed by atoms with Crippen LogP contribution in [0, 0.1) is 5.92 Å². The van der Waals surface area contributed by atoms with Gasteiger partial charge in [0, 0.05) is 19.8 Å². The second kappa shape index (κ2) is 9.19. The number of amides is 1. The third kappa shape index (κ3) is 5.32. The summed E-state index contributed by atoms with van der Waals surface area (Å²) in [7, 11) is 0. The lowest BCUT2D eigenvalue weighted by Crippen LogP contribution is -2.41. The first-order chi connectivity index (χ1) is 11.8. The van der Waals surface area contributed by atoms with Gasteiger partial charge in [-0.05, 0) is 62.6 Å². The molecule has 3 rings (SSSR count). The normalized spacial score (nSPS) is 22.6. The van der Waals surface area contributed by atoms with Crippen LogP contribution in [0.1, 0.15) is 43.6 Å². The highest BCUT2D eigenvalue weighted by molar-refractivity contribution is 5.77. The molecule has 24 heavy (non-hydrogen) atoms. The Morgan fingerprint density at radius 1 is 1.17 bits per heavy atom. The van der Waals surface area contributed by atoms with Crippen LogP contribution in [0.15, 0.2) is 30.3 Å². The minimum Gasteiger partial charge on any atom is -0.381 e. The van der Waals surface area contributed by atoms with Gasteiger partial charge in [0.1, 0.15) is 0 Å². The third-order valence-electron chi connectivity index (χ3n) is 5.36. The van der Waals surface area contributed by atoms with Crippen molar-refractivity contribution in [3.05, 3.63) is 35.9 Å². The number of nitrogens with one attached hydrogen (secondary N) is 1. The number of hydrogen-bond donors (Lipinski definition) is 1. The lowest BCUT2D eigenvalue weighted by atomic mass is 9.89. The van der Waals surface area contributed by atoms with Gasteiger partial charge in [0.2, 0.25) is 5.91 Å². The van der Waals surface area contributed by atoms with Crippen LogP contribution in [0.25, 0.3) is 0 Å². The van der Waals surface area contributed by atoms with Crippen LogP contribution in [0.3, 0.4) is 0 Å². The van der Waals surface area contributed by atoms with E-state index in [4.69, 9.17) is 4.74 Å². The Labute approximate surface area is 145 Å². The van der Waals surface area contributed by atoms with Crippen molar-refractivity contribution in [2.75, 3.05) is 39.4 Å². The van der Waals surface area contributed by atoms with E-state index in [-0.39, 0.29) is 5.91 Å². The van der Waals surface area contributed by atoms with E-state index >= 15 is 0 Å². The fourth-order valence-electron chi connectivity index (χ4n) is 3.84. The van der Waals surface area contributed by atoms with Crippen LogP contribution in [-0.2, 0) is 9.53 Å². The Bertz CT molecular complexity index is 492. The van der Waals surface area contributed by atoms with Gasteiger partial charge in [-0.3, -0.25) is 9.69 Å². The molecule has 2 fully saturated rings. The summed E-state index contributed by atoms with van der Waals surface area (Å²) in [6.07, 6.45) is 5.72. The predicted molar refractivity (Wildman–Crippen MR) is 96.0 cm³/mol. The highest BCUT2D eigenvalue weighted by atomic mass is 16.5. The van der Waals surface area contributed by atoms with Crippen molar-refractivity contribution >= 4 is 5.91 Å². The first-order valence-corrected chi connectivity index (χ1v) is 9.43. The second-order valence-corrected chi connectivity index (χ2v) is 7.18. The summed E-state index contributed by atoms with van der Waals surface area (Å²) in [5.74, 6) is 1.54. The average Bonchev–Trinajstić information content (AvgIpc) is 3.14. The third-order valence-corrected chi connectivity index (χ3v) is 5.36. The van der Waals surface area contributed by atoms with E-state index in [1.54, 1.807) is 0 Å². The Kier molecular flexibility index (Phi) is 6.67. The number of nitrogens with zero attached hydrogens (tertiary/aromatic N) is 1. The second-order valence-electron chi connectivity index (χ2n) is 7.18. The number of benzene rings is 1. The van der Waals surface area contributed by atoms with Crippen LogP contribution in [0.5, 0.6) is 0 Å². The van der Waals surface area contributed by atoms with E-state index in [1.807, 2.05) is 0 Å². The first-order valence-electron chi connectivity index (χ1n) is 9.43. The summed E-state index contributed by atoms with van der Waals surface area (Å²) >= 11 is 0. The van der Waals surface area contributed by atoms with Crippen molar-refractivity contribution in [3.63, 3.8) is 0 Å². The van der Waals surface area contributed by atoms with E-state index in [0.29, 0.717) is 18.4 Å². The molecular weight excluding hydrogens is 300 g/mol. The summed E-state index contributed by atoms with van der Waals surface area (Å²) in [6, 6.07) is 10.8. The number of ether oxygens (including phenoxy) is 1. The topological polar surface area (TPSA) is 41.6 Å². The lowest BCUT2D eigenvalue weighted by molar-refractivity contribution is -0.122. The van der Waals surface area contributed by atoms with Crippen LogP contribution >= 0.6 is 0 Å². The van der Waals surface area contributed by atoms with Gasteiger partial charge in [0.25, 0.3) is 0 Å². The molecule has 0 spiro atoms. The van der Waals surface area contributed by atoms with Crippen LogP contribution in [0.2, 0.25) is 0 Å². The molecule has 1 atom stereocenters. The molecule has 1 aromatic rings. The molecule has 0 aliphatic carbocycles. The molecule has 0 bridgehead atoms. The zero-order valence-corrected chi connectivity index (χ0v) is 14.6. The molecule has 4 nitrogen and oxygen atoms in total. The molecule has 1 aromatic carbocycles. The number of carbonyl (C=O) groups excluding carboxylic acids is 1. The van der Waals surface area contributed by atoms with E-state index in [2.05, 4.69) is 40.5 Å². The summed E-state index contributed by atoms with van der Waals surface area (Å²) in [4.78, 5) is 14.4. The fraction of sp³-hybridized carbons (Fsp3) is 0.650. The maximum absolute atomic E-state index is 12.1. The van der Waals surface area contributed by atoms with Crippen molar-refractivity contribution in [1.29, 1.82) is 0 Å². The largest absolute Gasteiger partial charge is 0.381 e. The van der Waals surface area contributed by atoms with Crippen LogP contribution in [0.4, 0.5) is 0 Å². The lowest BCUT2D eigenvalue weighted by Gasteiger charge is -2.31. The summed E-state index contributed by atoms with van der Waals surface area (Å²) in [5.41, 5.74) is 1.44. The van der Waals surface area contributed by atoms with Gasteiger partial charge < -0.3 is 10.1 Å². The quantitative estimate of drug-likeness (QED) is 0.782. The zero-order chi connectivity index (χ0) is 16.6. The highest BCUT2D eigenvalue weighted by Gasteiger charge is 2.21. The van der Waals surface area contributed by atoms with Crippen molar-refractivity contribution in [2.45, 2.75) is 38.0 Å². The van der Waals surface area contributed by atoms with Gasteiger partial charge in [-0.25, -0.2) is 0 Å². The molecular formula is C20H30N2O2. The molecule has 2 heterocycles. The standard InChI is InChI=1S/C20H30N2O2/c23-20(21-11-4-5-17-10-14-24-16-17)15-22-12-8-19(9-13-22)18-6-2-1-3-7-18/h1-3,6-7,17,19H,4-5,8-16H2,(H,21,23)/t17-/m1/s1. The Morgan fingerprint density at radius 3 is 2.67 bits per heavy atom. The van der Waals surface area contributed by atoms with E-state index in [0.717, 1.165) is 52.1 Å². The van der Waals surface area contributed by atoms with Crippen molar-refractivity contribution in [3.8, 4) is 0 Å². The molecule has 0 unspecified atom stereocenters. The van der Waals surface area contributed by atoms with Crippen LogP contribution in [-0.4, -0.2) is 50.2 Å². The van der Waals surface area contributed by atoms with Gasteiger partial charge in [0.15, 0.2) is 0 Å². The molecule has 1 amide bonds. The van der Waals surface area contributed by atoms with E-state index in [9.17, 15) is 4.79 Å². The molecule has 0 saturated carbocycles. The van der Waals surface area contributed by atoms with Crippen molar-refractivity contribution in [1.82, 2.24) is 10.2 Å². The maximum Gasteiger partial charge on any atom is 0.234 e. The SMILES string of the molecule is O=C(CN1CCC(c2ccccc2)CC1)NCCC[C@@H]1CCOC1. The number of rotatable bonds is 7. The van der Waals surface area contributed by atoms with E-state index in [1.165, 1.54) is 18.4 Å². The highest BCUT2D eigenvalue weighted by Crippen LogP contribution is 2.27. The molecule has 2 aliphatic heterocycles. The first kappa shape index (κ1) is 17.4.